The molecule has 0 saturated heterocycles. The Labute approximate surface area is 117 Å². The maximum atomic E-state index is 13.8. The van der Waals surface area contributed by atoms with E-state index in [2.05, 4.69) is 4.98 Å². The Bertz CT molecular complexity index is 647. The molecule has 0 spiro atoms. The molecular weight excluding hydrogens is 257 g/mol. The fourth-order valence-corrected chi connectivity index (χ4v) is 2.50. The zero-order valence-corrected chi connectivity index (χ0v) is 11.7. The van der Waals surface area contributed by atoms with Crippen molar-refractivity contribution >= 4 is 5.82 Å². The lowest BCUT2D eigenvalue weighted by Crippen LogP contribution is -2.04. The second kappa shape index (κ2) is 4.81. The maximum absolute atomic E-state index is 13.8. The molecule has 2 aromatic rings. The Kier molecular flexibility index (Phi) is 3.12. The lowest BCUT2D eigenvalue weighted by molar-refractivity contribution is 0.386. The lowest BCUT2D eigenvalue weighted by Gasteiger charge is -2.06. The molecule has 0 atom stereocenters. The van der Waals surface area contributed by atoms with Crippen molar-refractivity contribution in [2.24, 2.45) is 0 Å². The van der Waals surface area contributed by atoms with E-state index in [0.717, 1.165) is 25.2 Å². The van der Waals surface area contributed by atoms with Crippen LogP contribution in [0.2, 0.25) is 0 Å². The summed E-state index contributed by atoms with van der Waals surface area (Å²) in [4.78, 5) is 4.64. The molecule has 106 valence electrons. The van der Waals surface area contributed by atoms with E-state index in [-0.39, 0.29) is 5.75 Å². The van der Waals surface area contributed by atoms with Crippen LogP contribution in [-0.4, -0.2) is 16.7 Å². The Morgan fingerprint density at radius 3 is 2.75 bits per heavy atom. The first-order valence-corrected chi connectivity index (χ1v) is 6.85. The summed E-state index contributed by atoms with van der Waals surface area (Å²) >= 11 is 0. The van der Waals surface area contributed by atoms with Crippen molar-refractivity contribution < 1.29 is 9.13 Å². The van der Waals surface area contributed by atoms with E-state index < -0.39 is 5.82 Å². The molecule has 1 aromatic heterocycles. The van der Waals surface area contributed by atoms with E-state index in [9.17, 15) is 4.39 Å². The number of nitrogen functional groups attached to an aromatic ring is 1. The van der Waals surface area contributed by atoms with Crippen LogP contribution in [0.4, 0.5) is 10.2 Å². The summed E-state index contributed by atoms with van der Waals surface area (Å²) < 4.78 is 20.8. The van der Waals surface area contributed by atoms with Crippen molar-refractivity contribution in [1.29, 1.82) is 0 Å². The normalized spacial score (nSPS) is 14.6. The van der Waals surface area contributed by atoms with Gasteiger partial charge in [0.25, 0.3) is 0 Å². The van der Waals surface area contributed by atoms with Gasteiger partial charge in [0.2, 0.25) is 0 Å². The van der Waals surface area contributed by atoms with Crippen LogP contribution in [0.1, 0.15) is 31.5 Å². The van der Waals surface area contributed by atoms with Crippen molar-refractivity contribution in [3.05, 3.63) is 29.8 Å². The number of hydrogen-bond acceptors (Lipinski definition) is 3. The monoisotopic (exact) mass is 275 g/mol. The second-order valence-electron chi connectivity index (χ2n) is 5.07. The first-order chi connectivity index (χ1) is 9.65. The lowest BCUT2D eigenvalue weighted by atomic mass is 10.1. The molecule has 4 nitrogen and oxygen atoms in total. The number of halogens is 1. The molecule has 2 N–H and O–H groups in total. The third kappa shape index (κ3) is 2.03. The quantitative estimate of drug-likeness (QED) is 0.932. The SMILES string of the molecule is CCn1c(C2CC2)nc(-c2ccc(OC)c(F)c2)c1N. The number of nitrogens with zero attached hydrogens (tertiary/aromatic N) is 2. The molecule has 1 aliphatic rings. The fourth-order valence-electron chi connectivity index (χ4n) is 2.50. The first kappa shape index (κ1) is 13.0. The zero-order valence-electron chi connectivity index (χ0n) is 11.7. The second-order valence-corrected chi connectivity index (χ2v) is 5.07. The summed E-state index contributed by atoms with van der Waals surface area (Å²) in [5, 5.41) is 0. The topological polar surface area (TPSA) is 53.1 Å². The Balaban J connectivity index is 2.07. The number of imidazole rings is 1. The molecule has 0 aliphatic heterocycles. The van der Waals surface area contributed by atoms with Crippen molar-refractivity contribution in [1.82, 2.24) is 9.55 Å². The molecule has 0 bridgehead atoms. The van der Waals surface area contributed by atoms with Crippen LogP contribution in [0.3, 0.4) is 0 Å². The van der Waals surface area contributed by atoms with Crippen LogP contribution < -0.4 is 10.5 Å². The van der Waals surface area contributed by atoms with Crippen LogP contribution in [-0.2, 0) is 6.54 Å². The standard InChI is InChI=1S/C15H18FN3O/c1-3-19-14(17)13(18-15(19)9-4-5-9)10-6-7-12(20-2)11(16)8-10/h6-9H,3-5,17H2,1-2H3. The van der Waals surface area contributed by atoms with Gasteiger partial charge in [0, 0.05) is 18.0 Å². The number of hydrogen-bond donors (Lipinski definition) is 1. The molecular formula is C15H18FN3O. The van der Waals surface area contributed by atoms with Gasteiger partial charge in [-0.25, -0.2) is 9.37 Å². The van der Waals surface area contributed by atoms with E-state index in [4.69, 9.17) is 10.5 Å². The average Bonchev–Trinajstić information content (AvgIpc) is 3.23. The van der Waals surface area contributed by atoms with Crippen molar-refractivity contribution in [2.75, 3.05) is 12.8 Å². The smallest absolute Gasteiger partial charge is 0.165 e. The van der Waals surface area contributed by atoms with Crippen LogP contribution in [0.15, 0.2) is 18.2 Å². The van der Waals surface area contributed by atoms with Gasteiger partial charge in [-0.15, -0.1) is 0 Å². The van der Waals surface area contributed by atoms with Gasteiger partial charge in [-0.3, -0.25) is 0 Å². The third-order valence-corrected chi connectivity index (χ3v) is 3.72. The maximum Gasteiger partial charge on any atom is 0.165 e. The summed E-state index contributed by atoms with van der Waals surface area (Å²) in [6, 6.07) is 4.82. The van der Waals surface area contributed by atoms with Crippen molar-refractivity contribution in [3.63, 3.8) is 0 Å². The summed E-state index contributed by atoms with van der Waals surface area (Å²) in [6.07, 6.45) is 2.32. The van der Waals surface area contributed by atoms with E-state index in [0.29, 0.717) is 23.0 Å². The van der Waals surface area contributed by atoms with Gasteiger partial charge in [0.1, 0.15) is 17.3 Å². The average molecular weight is 275 g/mol. The molecule has 1 saturated carbocycles. The van der Waals surface area contributed by atoms with E-state index in [1.165, 1.54) is 13.2 Å². The van der Waals surface area contributed by atoms with Gasteiger partial charge >= 0.3 is 0 Å². The molecule has 1 heterocycles. The van der Waals surface area contributed by atoms with Crippen LogP contribution in [0.25, 0.3) is 11.3 Å². The highest BCUT2D eigenvalue weighted by molar-refractivity contribution is 5.72. The van der Waals surface area contributed by atoms with Gasteiger partial charge in [0.05, 0.1) is 7.11 Å². The zero-order chi connectivity index (χ0) is 14.3. The highest BCUT2D eigenvalue weighted by Crippen LogP contribution is 2.42. The summed E-state index contributed by atoms with van der Waals surface area (Å²) in [5.41, 5.74) is 7.53. The minimum Gasteiger partial charge on any atom is -0.494 e. The highest BCUT2D eigenvalue weighted by Gasteiger charge is 2.30. The van der Waals surface area contributed by atoms with Gasteiger partial charge in [-0.2, -0.15) is 0 Å². The van der Waals surface area contributed by atoms with Gasteiger partial charge in [-0.1, -0.05) is 0 Å². The molecule has 1 aliphatic carbocycles. The number of anilines is 1. The highest BCUT2D eigenvalue weighted by atomic mass is 19.1. The fraction of sp³-hybridized carbons (Fsp3) is 0.400. The molecule has 3 rings (SSSR count). The first-order valence-electron chi connectivity index (χ1n) is 6.85. The largest absolute Gasteiger partial charge is 0.494 e. The molecule has 0 radical (unpaired) electrons. The Morgan fingerprint density at radius 1 is 1.45 bits per heavy atom. The molecule has 0 amide bonds. The minimum absolute atomic E-state index is 0.227. The number of ether oxygens (including phenoxy) is 1. The molecule has 1 aromatic carbocycles. The van der Waals surface area contributed by atoms with Crippen LogP contribution in [0.5, 0.6) is 5.75 Å². The van der Waals surface area contributed by atoms with Crippen LogP contribution in [0, 0.1) is 5.82 Å². The van der Waals surface area contributed by atoms with E-state index >= 15 is 0 Å². The van der Waals surface area contributed by atoms with Crippen molar-refractivity contribution in [2.45, 2.75) is 32.2 Å². The number of nitrogens with two attached hydrogens (primary N) is 1. The van der Waals surface area contributed by atoms with Gasteiger partial charge in [0.15, 0.2) is 11.6 Å². The predicted octanol–water partition coefficient (Wildman–Crippen LogP) is 3.18. The van der Waals surface area contributed by atoms with E-state index in [1.54, 1.807) is 12.1 Å². The Hall–Kier alpha value is -2.04. The molecule has 1 fully saturated rings. The third-order valence-electron chi connectivity index (χ3n) is 3.72. The van der Waals surface area contributed by atoms with E-state index in [1.807, 2.05) is 11.5 Å². The molecule has 5 heteroatoms. The summed E-state index contributed by atoms with van der Waals surface area (Å²) in [7, 11) is 1.45. The molecule has 20 heavy (non-hydrogen) atoms. The number of methoxy groups -OCH3 is 1. The van der Waals surface area contributed by atoms with Crippen LogP contribution >= 0.6 is 0 Å². The number of benzene rings is 1. The Morgan fingerprint density at radius 2 is 2.20 bits per heavy atom. The van der Waals surface area contributed by atoms with Gasteiger partial charge < -0.3 is 15.0 Å². The molecule has 0 unspecified atom stereocenters. The number of rotatable bonds is 4. The van der Waals surface area contributed by atoms with Gasteiger partial charge in [-0.05, 0) is 38.0 Å². The summed E-state index contributed by atoms with van der Waals surface area (Å²) in [6.45, 7) is 2.83. The minimum atomic E-state index is -0.400. The summed E-state index contributed by atoms with van der Waals surface area (Å²) in [5.74, 6) is 1.97. The number of aromatic nitrogens is 2. The van der Waals surface area contributed by atoms with Crippen molar-refractivity contribution in [3.8, 4) is 17.0 Å². The predicted molar refractivity (Wildman–Crippen MR) is 76.2 cm³/mol.